The number of amides is 1. The summed E-state index contributed by atoms with van der Waals surface area (Å²) in [5.41, 5.74) is 1.47. The van der Waals surface area contributed by atoms with Crippen LogP contribution in [0.3, 0.4) is 0 Å². The molecule has 2 aromatic rings. The van der Waals surface area contributed by atoms with E-state index >= 15 is 0 Å². The van der Waals surface area contributed by atoms with Crippen molar-refractivity contribution >= 4 is 35.3 Å². The smallest absolute Gasteiger partial charge is 0.325 e. The molecule has 0 N–H and O–H groups in total. The fourth-order valence-electron chi connectivity index (χ4n) is 2.74. The zero-order valence-corrected chi connectivity index (χ0v) is 16.7. The Balaban J connectivity index is 1.75. The molecule has 1 saturated heterocycles. The Hall–Kier alpha value is -3.26. The first-order chi connectivity index (χ1) is 13.9. The van der Waals surface area contributed by atoms with Gasteiger partial charge in [0.25, 0.3) is 5.91 Å². The molecule has 150 valence electrons. The maximum atomic E-state index is 13.7. The molecule has 1 aliphatic heterocycles. The van der Waals surface area contributed by atoms with Crippen molar-refractivity contribution in [2.24, 2.45) is 0 Å². The summed E-state index contributed by atoms with van der Waals surface area (Å²) in [5, 5.41) is 0.233. The lowest BCUT2D eigenvalue weighted by Gasteiger charge is -2.16. The average Bonchev–Trinajstić information content (AvgIpc) is 2.92. The summed E-state index contributed by atoms with van der Waals surface area (Å²) in [4.78, 5) is 26.9. The molecule has 8 heteroatoms. The molecule has 0 aromatic heterocycles. The van der Waals surface area contributed by atoms with Crippen LogP contribution in [0.25, 0.3) is 6.08 Å². The standard InChI is InChI=1S/C21H19FN2O4S/c1-23-20(26)18(24(21(23)29)12-19(25)27-2)11-14-7-9-16(10-8-14)28-13-15-5-3-4-6-17(15)22/h3-11H,12-13H2,1-2H3. The molecule has 29 heavy (non-hydrogen) atoms. The van der Waals surface area contributed by atoms with Crippen LogP contribution < -0.4 is 4.74 Å². The molecule has 0 unspecified atom stereocenters. The van der Waals surface area contributed by atoms with Gasteiger partial charge in [0, 0.05) is 12.6 Å². The van der Waals surface area contributed by atoms with Crippen LogP contribution in [0.4, 0.5) is 4.39 Å². The van der Waals surface area contributed by atoms with Gasteiger partial charge in [0.05, 0.1) is 7.11 Å². The zero-order chi connectivity index (χ0) is 21.0. The lowest BCUT2D eigenvalue weighted by molar-refractivity contribution is -0.140. The monoisotopic (exact) mass is 414 g/mol. The summed E-state index contributed by atoms with van der Waals surface area (Å²) in [6.45, 7) is -0.0430. The number of likely N-dealkylation sites (N-methyl/N-ethyl adjacent to an activating group) is 1. The van der Waals surface area contributed by atoms with Crippen LogP contribution in [0.15, 0.2) is 54.2 Å². The SMILES string of the molecule is COC(=O)CN1C(=S)N(C)C(=O)C1=Cc1ccc(OCc2ccccc2F)cc1. The van der Waals surface area contributed by atoms with Crippen LogP contribution in [0.2, 0.25) is 0 Å². The Morgan fingerprint density at radius 2 is 1.86 bits per heavy atom. The van der Waals surface area contributed by atoms with Gasteiger partial charge in [-0.05, 0) is 42.1 Å². The van der Waals surface area contributed by atoms with Gasteiger partial charge < -0.3 is 14.4 Å². The van der Waals surface area contributed by atoms with Gasteiger partial charge in [0.15, 0.2) is 5.11 Å². The molecule has 6 nitrogen and oxygen atoms in total. The first-order valence-electron chi connectivity index (χ1n) is 8.75. The Morgan fingerprint density at radius 3 is 2.52 bits per heavy atom. The number of halogens is 1. The Morgan fingerprint density at radius 1 is 1.17 bits per heavy atom. The van der Waals surface area contributed by atoms with Gasteiger partial charge in [-0.2, -0.15) is 0 Å². The highest BCUT2D eigenvalue weighted by molar-refractivity contribution is 7.80. The second-order valence-corrected chi connectivity index (χ2v) is 6.65. The van der Waals surface area contributed by atoms with E-state index in [0.29, 0.717) is 11.3 Å². The minimum atomic E-state index is -0.502. The van der Waals surface area contributed by atoms with Crippen LogP contribution in [-0.4, -0.2) is 47.5 Å². The lowest BCUT2D eigenvalue weighted by Crippen LogP contribution is -2.33. The number of nitrogens with zero attached hydrogens (tertiary/aromatic N) is 2. The number of carbonyl (C=O) groups excluding carboxylic acids is 2. The van der Waals surface area contributed by atoms with E-state index in [9.17, 15) is 14.0 Å². The number of ether oxygens (including phenoxy) is 2. The molecule has 1 aliphatic rings. The van der Waals surface area contributed by atoms with E-state index < -0.39 is 5.97 Å². The van der Waals surface area contributed by atoms with Gasteiger partial charge in [0.1, 0.15) is 30.4 Å². The van der Waals surface area contributed by atoms with Gasteiger partial charge in [-0.1, -0.05) is 30.3 Å². The number of methoxy groups -OCH3 is 1. The van der Waals surface area contributed by atoms with Crippen molar-refractivity contribution in [3.63, 3.8) is 0 Å². The number of carbonyl (C=O) groups is 2. The summed E-state index contributed by atoms with van der Waals surface area (Å²) in [6.07, 6.45) is 1.64. The van der Waals surface area contributed by atoms with Gasteiger partial charge >= 0.3 is 5.97 Å². The van der Waals surface area contributed by atoms with Crippen molar-refractivity contribution < 1.29 is 23.5 Å². The van der Waals surface area contributed by atoms with Crippen LogP contribution in [0, 0.1) is 5.82 Å². The van der Waals surface area contributed by atoms with E-state index in [0.717, 1.165) is 5.56 Å². The third-order valence-corrected chi connectivity index (χ3v) is 4.88. The maximum Gasteiger partial charge on any atom is 0.325 e. The molecule has 0 bridgehead atoms. The van der Waals surface area contributed by atoms with Crippen LogP contribution in [0.5, 0.6) is 5.75 Å². The molecule has 1 heterocycles. The summed E-state index contributed by atoms with van der Waals surface area (Å²) in [7, 11) is 2.83. The predicted molar refractivity (Wildman–Crippen MR) is 109 cm³/mol. The number of benzene rings is 2. The van der Waals surface area contributed by atoms with Crippen molar-refractivity contribution in [2.45, 2.75) is 6.61 Å². The average molecular weight is 414 g/mol. The number of hydrogen-bond acceptors (Lipinski definition) is 5. The molecule has 0 radical (unpaired) electrons. The maximum absolute atomic E-state index is 13.7. The fraction of sp³-hybridized carbons (Fsp3) is 0.190. The zero-order valence-electron chi connectivity index (χ0n) is 15.9. The molecular formula is C21H19FN2O4S. The third kappa shape index (κ3) is 4.60. The van der Waals surface area contributed by atoms with Crippen LogP contribution in [0.1, 0.15) is 11.1 Å². The van der Waals surface area contributed by atoms with E-state index in [1.807, 2.05) is 0 Å². The number of thiocarbonyl (C=S) groups is 1. The fourth-order valence-corrected chi connectivity index (χ4v) is 2.98. The Bertz CT molecular complexity index is 975. The normalized spacial score (nSPS) is 15.2. The molecule has 0 aliphatic carbocycles. The first kappa shape index (κ1) is 20.5. The summed E-state index contributed by atoms with van der Waals surface area (Å²) in [5.74, 6) is -0.566. The quantitative estimate of drug-likeness (QED) is 0.412. The second kappa shape index (κ2) is 8.83. The third-order valence-electron chi connectivity index (χ3n) is 4.38. The van der Waals surface area contributed by atoms with Crippen molar-refractivity contribution in [1.29, 1.82) is 0 Å². The number of esters is 1. The van der Waals surface area contributed by atoms with Crippen LogP contribution in [-0.2, 0) is 20.9 Å². The summed E-state index contributed by atoms with van der Waals surface area (Å²) in [6, 6.07) is 13.4. The molecule has 0 saturated carbocycles. The summed E-state index contributed by atoms with van der Waals surface area (Å²) < 4.78 is 24.0. The molecule has 1 fully saturated rings. The Labute approximate surface area is 173 Å². The van der Waals surface area contributed by atoms with Gasteiger partial charge in [-0.3, -0.25) is 14.5 Å². The number of hydrogen-bond donors (Lipinski definition) is 0. The molecule has 0 spiro atoms. The van der Waals surface area contributed by atoms with Crippen molar-refractivity contribution in [2.75, 3.05) is 20.7 Å². The highest BCUT2D eigenvalue weighted by Crippen LogP contribution is 2.24. The second-order valence-electron chi connectivity index (χ2n) is 6.29. The molecule has 0 atom stereocenters. The van der Waals surface area contributed by atoms with E-state index in [4.69, 9.17) is 17.0 Å². The highest BCUT2D eigenvalue weighted by atomic mass is 32.1. The van der Waals surface area contributed by atoms with Crippen molar-refractivity contribution in [3.05, 3.63) is 71.2 Å². The van der Waals surface area contributed by atoms with Crippen molar-refractivity contribution in [1.82, 2.24) is 9.80 Å². The van der Waals surface area contributed by atoms with E-state index in [2.05, 4.69) is 4.74 Å². The van der Waals surface area contributed by atoms with Crippen LogP contribution >= 0.6 is 12.2 Å². The lowest BCUT2D eigenvalue weighted by atomic mass is 10.1. The number of rotatable bonds is 6. The van der Waals surface area contributed by atoms with Crippen molar-refractivity contribution in [3.8, 4) is 5.75 Å². The summed E-state index contributed by atoms with van der Waals surface area (Å²) >= 11 is 5.24. The van der Waals surface area contributed by atoms with Gasteiger partial charge in [-0.15, -0.1) is 0 Å². The predicted octanol–water partition coefficient (Wildman–Crippen LogP) is 2.98. The first-order valence-corrected chi connectivity index (χ1v) is 9.16. The minimum Gasteiger partial charge on any atom is -0.489 e. The van der Waals surface area contributed by atoms with Gasteiger partial charge in [0.2, 0.25) is 0 Å². The minimum absolute atomic E-state index is 0.109. The molecular weight excluding hydrogens is 395 g/mol. The molecule has 1 amide bonds. The largest absolute Gasteiger partial charge is 0.489 e. The van der Waals surface area contributed by atoms with E-state index in [1.54, 1.807) is 55.6 Å². The van der Waals surface area contributed by atoms with E-state index in [1.165, 1.54) is 23.0 Å². The highest BCUT2D eigenvalue weighted by Gasteiger charge is 2.36. The Kier molecular flexibility index (Phi) is 6.23. The topological polar surface area (TPSA) is 59.1 Å². The molecule has 3 rings (SSSR count). The van der Waals surface area contributed by atoms with Gasteiger partial charge in [-0.25, -0.2) is 4.39 Å². The van der Waals surface area contributed by atoms with E-state index in [-0.39, 0.29) is 35.7 Å². The molecule has 2 aromatic carbocycles.